The van der Waals surface area contributed by atoms with Gasteiger partial charge in [-0.3, -0.25) is 4.79 Å². The summed E-state index contributed by atoms with van der Waals surface area (Å²) in [6.07, 6.45) is 4.19. The first-order valence-electron chi connectivity index (χ1n) is 14.2. The number of allylic oxidation sites excluding steroid dienone is 2. The smallest absolute Gasteiger partial charge is 0.159 e. The molecule has 1 N–H and O–H groups in total. The van der Waals surface area contributed by atoms with Crippen LogP contribution in [-0.2, 0) is 32.3 Å². The van der Waals surface area contributed by atoms with Crippen LogP contribution in [-0.4, -0.2) is 20.4 Å². The molecule has 0 radical (unpaired) electrons. The van der Waals surface area contributed by atoms with E-state index in [0.717, 1.165) is 22.5 Å². The van der Waals surface area contributed by atoms with Gasteiger partial charge in [0.1, 0.15) is 5.76 Å². The fourth-order valence-corrected chi connectivity index (χ4v) is 4.80. The van der Waals surface area contributed by atoms with Crippen molar-refractivity contribution in [3.8, 4) is 16.9 Å². The molecule has 6 aromatic rings. The standard InChI is InChI=1S/C27H27NO2.C11H8N.Pt/c1-27(2,3)26(30)18-21(29)17-14-19-12-15-20(16-13-19)28-24-10-6-4-8-22(24)23-9-5-7-11-25(23)28;1-2-6-10(7-3-1)11-8-4-5-9-12-11;/h4-13,15-16,18,30H,14,17H2,1-3H3;1-6,8-9H;/q;-1;/b26-18-;;. The Morgan fingerprint density at radius 3 is 1.98 bits per heavy atom. The number of aryl methyl sites for hydroxylation is 1. The number of benzene rings is 4. The number of hydrogen-bond donors (Lipinski definition) is 1. The monoisotopic (exact) mass is 746 g/mol. The summed E-state index contributed by atoms with van der Waals surface area (Å²) in [5, 5.41) is 12.5. The number of nitrogens with zero attached hydrogens (tertiary/aromatic N) is 2. The fraction of sp³-hybridized carbons (Fsp3) is 0.158. The SMILES string of the molecule is CC(C)(C)/C(O)=C/C(=O)CCc1ccc(-n2c3ccccc3c3ccccc32)cc1.[Pt].[c-]1ccccc1-c1ccccn1. The molecule has 4 aromatic carbocycles. The van der Waals surface area contributed by atoms with Crippen LogP contribution >= 0.6 is 0 Å². The number of hydrogen-bond acceptors (Lipinski definition) is 3. The Kier molecular flexibility index (Phi) is 10.5. The van der Waals surface area contributed by atoms with E-state index in [0.29, 0.717) is 12.8 Å². The zero-order valence-electron chi connectivity index (χ0n) is 24.6. The third kappa shape index (κ3) is 7.77. The minimum atomic E-state index is -0.403. The van der Waals surface area contributed by atoms with Gasteiger partial charge in [-0.25, -0.2) is 0 Å². The van der Waals surface area contributed by atoms with E-state index in [9.17, 15) is 9.90 Å². The van der Waals surface area contributed by atoms with E-state index in [-0.39, 0.29) is 32.6 Å². The van der Waals surface area contributed by atoms with E-state index in [1.165, 1.54) is 27.9 Å². The van der Waals surface area contributed by atoms with Crippen LogP contribution in [0.25, 0.3) is 38.8 Å². The second-order valence-electron chi connectivity index (χ2n) is 11.3. The number of carbonyl (C=O) groups excluding carboxylic acids is 1. The molecule has 0 unspecified atom stereocenters. The number of pyridine rings is 1. The Bertz CT molecular complexity index is 1730. The second kappa shape index (κ2) is 14.3. The van der Waals surface area contributed by atoms with Gasteiger partial charge in [0.15, 0.2) is 5.78 Å². The van der Waals surface area contributed by atoms with Gasteiger partial charge in [-0.1, -0.05) is 81.4 Å². The molecular formula is C38H35N2O2Pt-. The van der Waals surface area contributed by atoms with Gasteiger partial charge in [-0.05, 0) is 48.0 Å². The fourth-order valence-electron chi connectivity index (χ4n) is 4.80. The van der Waals surface area contributed by atoms with Gasteiger partial charge >= 0.3 is 0 Å². The van der Waals surface area contributed by atoms with E-state index in [4.69, 9.17) is 0 Å². The van der Waals surface area contributed by atoms with Crippen molar-refractivity contribution in [2.24, 2.45) is 5.41 Å². The van der Waals surface area contributed by atoms with Crippen LogP contribution in [0.3, 0.4) is 0 Å². The summed E-state index contributed by atoms with van der Waals surface area (Å²) < 4.78 is 2.28. The van der Waals surface area contributed by atoms with Crippen LogP contribution in [0.4, 0.5) is 0 Å². The number of aliphatic hydroxyl groups is 1. The van der Waals surface area contributed by atoms with Gasteiger partial charge in [0, 0.05) is 61.6 Å². The summed E-state index contributed by atoms with van der Waals surface area (Å²) in [5.41, 5.74) is 6.19. The van der Waals surface area contributed by atoms with Crippen LogP contribution in [0, 0.1) is 11.5 Å². The molecule has 2 heterocycles. The minimum Gasteiger partial charge on any atom is -0.512 e. The molecule has 0 aliphatic heterocycles. The van der Waals surface area contributed by atoms with Crippen molar-refractivity contribution in [1.82, 2.24) is 9.55 Å². The zero-order chi connectivity index (χ0) is 29.5. The molecule has 4 nitrogen and oxygen atoms in total. The van der Waals surface area contributed by atoms with Crippen LogP contribution < -0.4 is 0 Å². The summed E-state index contributed by atoms with van der Waals surface area (Å²) in [7, 11) is 0. The van der Waals surface area contributed by atoms with Crippen molar-refractivity contribution in [3.05, 3.63) is 145 Å². The molecule has 220 valence electrons. The quantitative estimate of drug-likeness (QED) is 0.105. The van der Waals surface area contributed by atoms with Crippen LogP contribution in [0.15, 0.2) is 133 Å². The molecule has 0 amide bonds. The van der Waals surface area contributed by atoms with Crippen LogP contribution in [0.5, 0.6) is 0 Å². The van der Waals surface area contributed by atoms with Gasteiger partial charge in [-0.15, -0.1) is 35.9 Å². The number of rotatable bonds is 6. The second-order valence-corrected chi connectivity index (χ2v) is 11.3. The van der Waals surface area contributed by atoms with Gasteiger partial charge in [0.25, 0.3) is 0 Å². The number of carbonyl (C=O) groups is 1. The maximum absolute atomic E-state index is 12.2. The van der Waals surface area contributed by atoms with Crippen molar-refractivity contribution in [3.63, 3.8) is 0 Å². The molecule has 0 bridgehead atoms. The number of ketones is 1. The Morgan fingerprint density at radius 1 is 0.814 bits per heavy atom. The van der Waals surface area contributed by atoms with E-state index >= 15 is 0 Å². The predicted molar refractivity (Wildman–Crippen MR) is 173 cm³/mol. The predicted octanol–water partition coefficient (Wildman–Crippen LogP) is 9.32. The topological polar surface area (TPSA) is 55.1 Å². The molecule has 2 aromatic heterocycles. The van der Waals surface area contributed by atoms with Crippen molar-refractivity contribution in [2.45, 2.75) is 33.6 Å². The molecule has 6 rings (SSSR count). The van der Waals surface area contributed by atoms with Crippen LogP contribution in [0.1, 0.15) is 32.8 Å². The van der Waals surface area contributed by atoms with Crippen molar-refractivity contribution in [2.75, 3.05) is 0 Å². The summed E-state index contributed by atoms with van der Waals surface area (Å²) >= 11 is 0. The normalized spacial score (nSPS) is 11.5. The average Bonchev–Trinajstić information content (AvgIpc) is 3.35. The molecule has 0 spiro atoms. The summed E-state index contributed by atoms with van der Waals surface area (Å²) in [5.74, 6) is 0.0862. The molecule has 0 aliphatic rings. The molecule has 5 heteroatoms. The molecule has 0 fully saturated rings. The van der Waals surface area contributed by atoms with Crippen LogP contribution in [0.2, 0.25) is 0 Å². The Labute approximate surface area is 268 Å². The average molecular weight is 747 g/mol. The number of fused-ring (bicyclic) bond motifs is 3. The van der Waals surface area contributed by atoms with Gasteiger partial charge in [-0.2, -0.15) is 0 Å². The van der Waals surface area contributed by atoms with Crippen molar-refractivity contribution >= 4 is 27.6 Å². The van der Waals surface area contributed by atoms with Gasteiger partial charge in [0.05, 0.1) is 11.0 Å². The van der Waals surface area contributed by atoms with E-state index in [1.807, 2.05) is 63.2 Å². The Morgan fingerprint density at radius 2 is 1.42 bits per heavy atom. The largest absolute Gasteiger partial charge is 0.512 e. The molecule has 0 aliphatic carbocycles. The Hall–Kier alpha value is -4.27. The van der Waals surface area contributed by atoms with E-state index in [1.54, 1.807) is 6.20 Å². The number of aromatic nitrogens is 2. The van der Waals surface area contributed by atoms with E-state index < -0.39 is 5.41 Å². The number of aliphatic hydroxyl groups excluding tert-OH is 1. The third-order valence-electron chi connectivity index (χ3n) is 7.15. The summed E-state index contributed by atoms with van der Waals surface area (Å²) in [4.78, 5) is 16.4. The minimum absolute atomic E-state index is 0. The molecule has 43 heavy (non-hydrogen) atoms. The first-order chi connectivity index (χ1) is 20.3. The summed E-state index contributed by atoms with van der Waals surface area (Å²) in [6, 6.07) is 42.1. The summed E-state index contributed by atoms with van der Waals surface area (Å²) in [6.45, 7) is 5.67. The first kappa shape index (κ1) is 31.7. The maximum Gasteiger partial charge on any atom is 0.159 e. The van der Waals surface area contributed by atoms with Crippen molar-refractivity contribution < 1.29 is 31.0 Å². The van der Waals surface area contributed by atoms with E-state index in [2.05, 4.69) is 88.4 Å². The molecule has 0 saturated carbocycles. The Balaban J connectivity index is 0.000000272. The molecular weight excluding hydrogens is 712 g/mol. The van der Waals surface area contributed by atoms with Crippen molar-refractivity contribution in [1.29, 1.82) is 0 Å². The first-order valence-corrected chi connectivity index (χ1v) is 14.2. The maximum atomic E-state index is 12.2. The molecule has 0 saturated heterocycles. The number of para-hydroxylation sites is 2. The zero-order valence-corrected chi connectivity index (χ0v) is 26.9. The van der Waals surface area contributed by atoms with Gasteiger partial charge < -0.3 is 14.7 Å². The van der Waals surface area contributed by atoms with Gasteiger partial charge in [0.2, 0.25) is 0 Å². The molecule has 0 atom stereocenters. The third-order valence-corrected chi connectivity index (χ3v) is 7.15.